The Kier molecular flexibility index (Phi) is 6.70. The summed E-state index contributed by atoms with van der Waals surface area (Å²) in [5.74, 6) is 0.0358. The van der Waals surface area contributed by atoms with Gasteiger partial charge in [0.15, 0.2) is 0 Å². The molecule has 2 amide bonds. The van der Waals surface area contributed by atoms with Crippen LogP contribution < -0.4 is 0 Å². The number of benzene rings is 2. The molecule has 0 aliphatic carbocycles. The maximum absolute atomic E-state index is 12.7. The van der Waals surface area contributed by atoms with Crippen LogP contribution in [0.1, 0.15) is 28.9 Å². The average Bonchev–Trinajstić information content (AvgIpc) is 2.73. The summed E-state index contributed by atoms with van der Waals surface area (Å²) in [4.78, 5) is 31.0. The first-order valence-electron chi connectivity index (χ1n) is 9.54. The van der Waals surface area contributed by atoms with Gasteiger partial charge in [-0.05, 0) is 24.6 Å². The highest BCUT2D eigenvalue weighted by Gasteiger charge is 2.26. The molecular formula is C22H26ClN3O2. The molecule has 1 fully saturated rings. The number of carbonyl (C=O) groups excluding carboxylic acids is 2. The molecule has 0 aromatic heterocycles. The van der Waals surface area contributed by atoms with Gasteiger partial charge in [0.05, 0.1) is 23.2 Å². The maximum Gasteiger partial charge on any atom is 0.255 e. The van der Waals surface area contributed by atoms with Crippen molar-refractivity contribution in [2.24, 2.45) is 0 Å². The Morgan fingerprint density at radius 2 is 1.61 bits per heavy atom. The van der Waals surface area contributed by atoms with E-state index in [0.29, 0.717) is 43.3 Å². The minimum Gasteiger partial charge on any atom is -0.338 e. The average molecular weight is 400 g/mol. The molecule has 28 heavy (non-hydrogen) atoms. The summed E-state index contributed by atoms with van der Waals surface area (Å²) in [7, 11) is 1.84. The van der Waals surface area contributed by atoms with Crippen LogP contribution in [-0.4, -0.2) is 66.3 Å². The fourth-order valence-electron chi connectivity index (χ4n) is 3.39. The van der Waals surface area contributed by atoms with E-state index in [1.54, 1.807) is 21.9 Å². The van der Waals surface area contributed by atoms with E-state index in [1.165, 1.54) is 0 Å². The Labute approximate surface area is 171 Å². The van der Waals surface area contributed by atoms with Gasteiger partial charge in [-0.1, -0.05) is 54.1 Å². The molecule has 6 heteroatoms. The Bertz CT molecular complexity index is 820. The summed E-state index contributed by atoms with van der Waals surface area (Å²) in [6.45, 7) is 4.94. The van der Waals surface area contributed by atoms with Gasteiger partial charge in [-0.3, -0.25) is 14.5 Å². The lowest BCUT2D eigenvalue weighted by atomic mass is 10.1. The molecule has 1 aliphatic rings. The van der Waals surface area contributed by atoms with E-state index in [2.05, 4.69) is 4.90 Å². The molecule has 3 rings (SSSR count). The van der Waals surface area contributed by atoms with Crippen LogP contribution in [0, 0.1) is 0 Å². The minimum atomic E-state index is -0.0496. The van der Waals surface area contributed by atoms with E-state index < -0.39 is 0 Å². The Balaban J connectivity index is 1.52. The highest BCUT2D eigenvalue weighted by Crippen LogP contribution is 2.20. The largest absolute Gasteiger partial charge is 0.338 e. The Hall–Kier alpha value is -2.37. The lowest BCUT2D eigenvalue weighted by Gasteiger charge is -2.36. The molecule has 0 radical (unpaired) electrons. The molecule has 1 atom stereocenters. The van der Waals surface area contributed by atoms with Crippen LogP contribution in [-0.2, 0) is 4.79 Å². The van der Waals surface area contributed by atoms with Crippen molar-refractivity contribution >= 4 is 23.4 Å². The normalized spacial score (nSPS) is 15.9. The van der Waals surface area contributed by atoms with Crippen LogP contribution in [0.5, 0.6) is 0 Å². The second-order valence-corrected chi connectivity index (χ2v) is 7.55. The summed E-state index contributed by atoms with van der Waals surface area (Å²) >= 11 is 6.14. The smallest absolute Gasteiger partial charge is 0.255 e. The van der Waals surface area contributed by atoms with E-state index in [0.717, 1.165) is 5.56 Å². The quantitative estimate of drug-likeness (QED) is 0.774. The molecule has 1 aliphatic heterocycles. The number of rotatable bonds is 5. The number of halogens is 1. The van der Waals surface area contributed by atoms with Gasteiger partial charge in [0.2, 0.25) is 5.91 Å². The van der Waals surface area contributed by atoms with E-state index in [4.69, 9.17) is 11.6 Å². The topological polar surface area (TPSA) is 43.9 Å². The second kappa shape index (κ2) is 9.22. The monoisotopic (exact) mass is 399 g/mol. The molecule has 2 aromatic rings. The number of carbonyl (C=O) groups is 2. The molecular weight excluding hydrogens is 374 g/mol. The summed E-state index contributed by atoms with van der Waals surface area (Å²) < 4.78 is 0. The summed E-state index contributed by atoms with van der Waals surface area (Å²) in [6, 6.07) is 17.2. The lowest BCUT2D eigenvalue weighted by molar-refractivity contribution is -0.133. The van der Waals surface area contributed by atoms with Crippen LogP contribution >= 0.6 is 11.6 Å². The third-order valence-electron chi connectivity index (χ3n) is 5.38. The van der Waals surface area contributed by atoms with Crippen molar-refractivity contribution in [3.8, 4) is 0 Å². The van der Waals surface area contributed by atoms with Gasteiger partial charge < -0.3 is 9.80 Å². The molecule has 0 saturated carbocycles. The molecule has 0 spiro atoms. The van der Waals surface area contributed by atoms with Gasteiger partial charge in [-0.2, -0.15) is 0 Å². The van der Waals surface area contributed by atoms with E-state index in [1.807, 2.05) is 56.4 Å². The van der Waals surface area contributed by atoms with Gasteiger partial charge in [-0.25, -0.2) is 0 Å². The second-order valence-electron chi connectivity index (χ2n) is 7.14. The predicted molar refractivity (Wildman–Crippen MR) is 111 cm³/mol. The summed E-state index contributed by atoms with van der Waals surface area (Å²) in [6.07, 6.45) is 0. The number of hydrogen-bond donors (Lipinski definition) is 0. The Morgan fingerprint density at radius 3 is 2.25 bits per heavy atom. The van der Waals surface area contributed by atoms with Crippen molar-refractivity contribution in [2.45, 2.75) is 13.0 Å². The predicted octanol–water partition coefficient (Wildman–Crippen LogP) is 3.32. The van der Waals surface area contributed by atoms with Gasteiger partial charge in [-0.15, -0.1) is 0 Å². The lowest BCUT2D eigenvalue weighted by Crippen LogP contribution is -2.51. The highest BCUT2D eigenvalue weighted by molar-refractivity contribution is 6.33. The minimum absolute atomic E-state index is 0.0248. The van der Waals surface area contributed by atoms with Gasteiger partial charge in [0.25, 0.3) is 5.91 Å². The summed E-state index contributed by atoms with van der Waals surface area (Å²) in [5, 5.41) is 0.474. The zero-order valence-corrected chi connectivity index (χ0v) is 17.1. The molecule has 148 valence electrons. The standard InChI is InChI=1S/C22H26ClN3O2/c1-17(18-8-4-3-5-9-18)24(2)21(27)16-25-12-14-26(15-13-25)22(28)19-10-6-7-11-20(19)23/h3-11,17H,12-16H2,1-2H3. The van der Waals surface area contributed by atoms with Gasteiger partial charge in [0.1, 0.15) is 0 Å². The van der Waals surface area contributed by atoms with Crippen molar-refractivity contribution in [1.82, 2.24) is 14.7 Å². The fraction of sp³-hybridized carbons (Fsp3) is 0.364. The van der Waals surface area contributed by atoms with Gasteiger partial charge >= 0.3 is 0 Å². The molecule has 1 saturated heterocycles. The van der Waals surface area contributed by atoms with Crippen molar-refractivity contribution in [3.63, 3.8) is 0 Å². The maximum atomic E-state index is 12.7. The highest BCUT2D eigenvalue weighted by atomic mass is 35.5. The first-order chi connectivity index (χ1) is 13.5. The van der Waals surface area contributed by atoms with Crippen LogP contribution in [0.4, 0.5) is 0 Å². The first-order valence-corrected chi connectivity index (χ1v) is 9.92. The van der Waals surface area contributed by atoms with Crippen molar-refractivity contribution in [1.29, 1.82) is 0 Å². The number of likely N-dealkylation sites (N-methyl/N-ethyl adjacent to an activating group) is 1. The van der Waals surface area contributed by atoms with Crippen molar-refractivity contribution < 1.29 is 9.59 Å². The van der Waals surface area contributed by atoms with Crippen LogP contribution in [0.2, 0.25) is 5.02 Å². The van der Waals surface area contributed by atoms with E-state index in [-0.39, 0.29) is 17.9 Å². The van der Waals surface area contributed by atoms with E-state index >= 15 is 0 Å². The number of hydrogen-bond acceptors (Lipinski definition) is 3. The SMILES string of the molecule is CC(c1ccccc1)N(C)C(=O)CN1CCN(C(=O)c2ccccc2Cl)CC1. The molecule has 2 aromatic carbocycles. The molecule has 1 heterocycles. The van der Waals surface area contributed by atoms with Crippen LogP contribution in [0.15, 0.2) is 54.6 Å². The van der Waals surface area contributed by atoms with Crippen LogP contribution in [0.3, 0.4) is 0 Å². The first kappa shape index (κ1) is 20.4. The Morgan fingerprint density at radius 1 is 1.00 bits per heavy atom. The van der Waals surface area contributed by atoms with Crippen molar-refractivity contribution in [3.05, 3.63) is 70.7 Å². The number of amides is 2. The summed E-state index contributed by atoms with van der Waals surface area (Å²) in [5.41, 5.74) is 1.65. The molecule has 0 bridgehead atoms. The van der Waals surface area contributed by atoms with Crippen LogP contribution in [0.25, 0.3) is 0 Å². The van der Waals surface area contributed by atoms with E-state index in [9.17, 15) is 9.59 Å². The third-order valence-corrected chi connectivity index (χ3v) is 5.71. The number of nitrogens with zero attached hydrogens (tertiary/aromatic N) is 3. The van der Waals surface area contributed by atoms with Crippen molar-refractivity contribution in [2.75, 3.05) is 39.8 Å². The zero-order valence-electron chi connectivity index (χ0n) is 16.3. The fourth-order valence-corrected chi connectivity index (χ4v) is 3.60. The van der Waals surface area contributed by atoms with Gasteiger partial charge in [0, 0.05) is 33.2 Å². The zero-order chi connectivity index (χ0) is 20.1. The molecule has 0 N–H and O–H groups in total. The molecule has 1 unspecified atom stereocenters. The molecule has 5 nitrogen and oxygen atoms in total. The third kappa shape index (κ3) is 4.72. The number of piperazine rings is 1.